The number of aliphatic imine (C=N–C) groups is 1. The largest absolute Gasteiger partial charge is 0.507 e. The van der Waals surface area contributed by atoms with Crippen LogP contribution in [0.3, 0.4) is 0 Å². The molecule has 2 N–H and O–H groups in total. The first-order valence-electron chi connectivity index (χ1n) is 6.09. The number of aromatic hydroxyl groups is 1. The van der Waals surface area contributed by atoms with Crippen LogP contribution in [0.5, 0.6) is 5.75 Å². The van der Waals surface area contributed by atoms with Crippen molar-refractivity contribution in [1.29, 1.82) is 0 Å². The number of hydrogen-bond donors (Lipinski definition) is 2. The number of phenolic OH excluding ortho intramolecular Hbond substituents is 1. The lowest BCUT2D eigenvalue weighted by atomic mass is 10.2. The average molecular weight is 412 g/mol. The maximum absolute atomic E-state index is 11.8. The van der Waals surface area contributed by atoms with Crippen LogP contribution in [0.15, 0.2) is 56.4 Å². The topological polar surface area (TPSA) is 61.7 Å². The number of carbonyl (C=O) groups is 1. The summed E-state index contributed by atoms with van der Waals surface area (Å²) in [6, 6.07) is 12.4. The molecular formula is C15H12Br2N2O2. The summed E-state index contributed by atoms with van der Waals surface area (Å²) in [6.07, 6.45) is 1.47. The van der Waals surface area contributed by atoms with Crippen LogP contribution in [0.4, 0.5) is 5.69 Å². The fraction of sp³-hybridized carbons (Fsp3) is 0.0667. The Labute approximate surface area is 139 Å². The van der Waals surface area contributed by atoms with Crippen molar-refractivity contribution in [1.82, 2.24) is 0 Å². The zero-order chi connectivity index (χ0) is 15.2. The maximum atomic E-state index is 11.8. The number of para-hydroxylation sites is 1. The molecule has 0 unspecified atom stereocenters. The van der Waals surface area contributed by atoms with E-state index in [2.05, 4.69) is 42.2 Å². The number of benzene rings is 2. The molecule has 0 aromatic heterocycles. The molecule has 2 rings (SSSR count). The summed E-state index contributed by atoms with van der Waals surface area (Å²) in [5, 5.41) is 12.4. The average Bonchev–Trinajstić information content (AvgIpc) is 2.45. The minimum atomic E-state index is -0.229. The fourth-order valence-corrected chi connectivity index (χ4v) is 2.37. The van der Waals surface area contributed by atoms with Crippen molar-refractivity contribution in [3.63, 3.8) is 0 Å². The molecule has 4 nitrogen and oxygen atoms in total. The molecular weight excluding hydrogens is 400 g/mol. The molecule has 2 aromatic rings. The van der Waals surface area contributed by atoms with E-state index < -0.39 is 0 Å². The Morgan fingerprint density at radius 2 is 2.00 bits per heavy atom. The SMILES string of the molecule is O=C(CN=Cc1cc(Br)ccc1O)Nc1ccccc1Br. The highest BCUT2D eigenvalue weighted by atomic mass is 79.9. The highest BCUT2D eigenvalue weighted by Crippen LogP contribution is 2.21. The first kappa shape index (κ1) is 15.7. The van der Waals surface area contributed by atoms with Crippen LogP contribution in [0.25, 0.3) is 0 Å². The van der Waals surface area contributed by atoms with Crippen molar-refractivity contribution in [3.8, 4) is 5.75 Å². The van der Waals surface area contributed by atoms with Gasteiger partial charge in [0.25, 0.3) is 0 Å². The molecule has 0 heterocycles. The van der Waals surface area contributed by atoms with E-state index in [1.807, 2.05) is 18.2 Å². The van der Waals surface area contributed by atoms with Crippen LogP contribution in [-0.4, -0.2) is 23.8 Å². The number of halogens is 2. The highest BCUT2D eigenvalue weighted by molar-refractivity contribution is 9.10. The first-order chi connectivity index (χ1) is 10.1. The van der Waals surface area contributed by atoms with Crippen molar-refractivity contribution >= 4 is 49.7 Å². The Morgan fingerprint density at radius 3 is 2.76 bits per heavy atom. The van der Waals surface area contributed by atoms with E-state index in [4.69, 9.17) is 0 Å². The molecule has 21 heavy (non-hydrogen) atoms. The summed E-state index contributed by atoms with van der Waals surface area (Å²) in [5.41, 5.74) is 1.25. The zero-order valence-corrected chi connectivity index (χ0v) is 14.1. The fourth-order valence-electron chi connectivity index (χ4n) is 1.61. The molecule has 0 aliphatic heterocycles. The van der Waals surface area contributed by atoms with Gasteiger partial charge in [-0.3, -0.25) is 9.79 Å². The van der Waals surface area contributed by atoms with E-state index in [0.717, 1.165) is 8.95 Å². The molecule has 0 atom stereocenters. The van der Waals surface area contributed by atoms with Crippen molar-refractivity contribution in [2.24, 2.45) is 4.99 Å². The Morgan fingerprint density at radius 1 is 1.24 bits per heavy atom. The summed E-state index contributed by atoms with van der Waals surface area (Å²) < 4.78 is 1.64. The second-order valence-corrected chi connectivity index (χ2v) is 5.97. The molecule has 108 valence electrons. The number of rotatable bonds is 4. The van der Waals surface area contributed by atoms with Gasteiger partial charge in [-0.05, 0) is 46.3 Å². The predicted octanol–water partition coefficient (Wildman–Crippen LogP) is 3.97. The molecule has 0 aliphatic rings. The van der Waals surface area contributed by atoms with Crippen molar-refractivity contribution in [2.45, 2.75) is 0 Å². The Hall–Kier alpha value is -1.66. The van der Waals surface area contributed by atoms with Crippen LogP contribution >= 0.6 is 31.9 Å². The molecule has 0 saturated heterocycles. The highest BCUT2D eigenvalue weighted by Gasteiger charge is 2.04. The molecule has 0 spiro atoms. The molecule has 1 amide bonds. The zero-order valence-electron chi connectivity index (χ0n) is 10.9. The summed E-state index contributed by atoms with van der Waals surface area (Å²) in [4.78, 5) is 15.8. The Balaban J connectivity index is 1.96. The van der Waals surface area contributed by atoms with Gasteiger partial charge in [-0.15, -0.1) is 0 Å². The number of carbonyl (C=O) groups excluding carboxylic acids is 1. The standard InChI is InChI=1S/C15H12Br2N2O2/c16-11-5-6-14(20)10(7-11)8-18-9-15(21)19-13-4-2-1-3-12(13)17/h1-8,20H,9H2,(H,19,21). The smallest absolute Gasteiger partial charge is 0.246 e. The quantitative estimate of drug-likeness (QED) is 0.747. The molecule has 0 bridgehead atoms. The lowest BCUT2D eigenvalue weighted by Crippen LogP contribution is -2.15. The van der Waals surface area contributed by atoms with Gasteiger partial charge >= 0.3 is 0 Å². The minimum Gasteiger partial charge on any atom is -0.507 e. The van der Waals surface area contributed by atoms with Crippen LogP contribution in [-0.2, 0) is 4.79 Å². The third kappa shape index (κ3) is 4.68. The third-order valence-electron chi connectivity index (χ3n) is 2.60. The van der Waals surface area contributed by atoms with E-state index in [0.29, 0.717) is 11.3 Å². The van der Waals surface area contributed by atoms with E-state index >= 15 is 0 Å². The lowest BCUT2D eigenvalue weighted by molar-refractivity contribution is -0.114. The van der Waals surface area contributed by atoms with Crippen molar-refractivity contribution < 1.29 is 9.90 Å². The van der Waals surface area contributed by atoms with Gasteiger partial charge in [-0.25, -0.2) is 0 Å². The second kappa shape index (κ2) is 7.38. The van der Waals surface area contributed by atoms with Crippen molar-refractivity contribution in [2.75, 3.05) is 11.9 Å². The molecule has 0 radical (unpaired) electrons. The molecule has 6 heteroatoms. The van der Waals surface area contributed by atoms with Crippen LogP contribution in [0.1, 0.15) is 5.56 Å². The van der Waals surface area contributed by atoms with Crippen LogP contribution in [0, 0.1) is 0 Å². The molecule has 0 fully saturated rings. The van der Waals surface area contributed by atoms with Gasteiger partial charge in [0.1, 0.15) is 12.3 Å². The molecule has 0 saturated carbocycles. The maximum Gasteiger partial charge on any atom is 0.246 e. The molecule has 2 aromatic carbocycles. The lowest BCUT2D eigenvalue weighted by Gasteiger charge is -2.05. The minimum absolute atomic E-state index is 0.0205. The van der Waals surface area contributed by atoms with E-state index in [1.165, 1.54) is 6.21 Å². The van der Waals surface area contributed by atoms with Gasteiger partial charge in [0, 0.05) is 20.7 Å². The normalized spacial score (nSPS) is 10.8. The number of phenols is 1. The summed E-state index contributed by atoms with van der Waals surface area (Å²) in [6.45, 7) is -0.0205. The second-order valence-electron chi connectivity index (χ2n) is 4.20. The summed E-state index contributed by atoms with van der Waals surface area (Å²) in [5.74, 6) is -0.110. The van der Waals surface area contributed by atoms with Gasteiger partial charge in [0.2, 0.25) is 5.91 Å². The first-order valence-corrected chi connectivity index (χ1v) is 7.67. The predicted molar refractivity (Wildman–Crippen MR) is 91.0 cm³/mol. The third-order valence-corrected chi connectivity index (χ3v) is 3.79. The molecule has 0 aliphatic carbocycles. The van der Waals surface area contributed by atoms with Gasteiger partial charge in [-0.2, -0.15) is 0 Å². The van der Waals surface area contributed by atoms with E-state index in [1.54, 1.807) is 24.3 Å². The number of anilines is 1. The van der Waals surface area contributed by atoms with Crippen LogP contribution < -0.4 is 5.32 Å². The van der Waals surface area contributed by atoms with Gasteiger partial charge in [0.15, 0.2) is 0 Å². The number of amides is 1. The van der Waals surface area contributed by atoms with E-state index in [9.17, 15) is 9.90 Å². The van der Waals surface area contributed by atoms with Gasteiger partial charge in [0.05, 0.1) is 5.69 Å². The van der Waals surface area contributed by atoms with E-state index in [-0.39, 0.29) is 18.2 Å². The van der Waals surface area contributed by atoms with Gasteiger partial charge < -0.3 is 10.4 Å². The van der Waals surface area contributed by atoms with Gasteiger partial charge in [-0.1, -0.05) is 28.1 Å². The number of nitrogens with one attached hydrogen (secondary N) is 1. The van der Waals surface area contributed by atoms with Crippen LogP contribution in [0.2, 0.25) is 0 Å². The Bertz CT molecular complexity index is 687. The monoisotopic (exact) mass is 410 g/mol. The number of hydrogen-bond acceptors (Lipinski definition) is 3. The summed E-state index contributed by atoms with van der Waals surface area (Å²) in [7, 11) is 0. The van der Waals surface area contributed by atoms with Crippen molar-refractivity contribution in [3.05, 3.63) is 57.0 Å². The Kier molecular flexibility index (Phi) is 5.52. The number of nitrogens with zero attached hydrogens (tertiary/aromatic N) is 1. The summed E-state index contributed by atoms with van der Waals surface area (Å²) >= 11 is 6.67.